The van der Waals surface area contributed by atoms with Crippen LogP contribution in [0.15, 0.2) is 54.6 Å². The molecule has 0 amide bonds. The van der Waals surface area contributed by atoms with E-state index in [9.17, 15) is 4.39 Å². The van der Waals surface area contributed by atoms with Gasteiger partial charge in [0.2, 0.25) is 0 Å². The van der Waals surface area contributed by atoms with E-state index in [1.165, 1.54) is 25.3 Å². The molecule has 0 aliphatic rings. The maximum atomic E-state index is 12.5. The minimum absolute atomic E-state index is 0. The molecule has 0 saturated heterocycles. The van der Waals surface area contributed by atoms with Gasteiger partial charge < -0.3 is 15.2 Å². The molecule has 0 radical (unpaired) electrons. The van der Waals surface area contributed by atoms with Crippen LogP contribution in [-0.2, 0) is 6.54 Å². The number of hydrogen-bond acceptors (Lipinski definition) is 5. The highest BCUT2D eigenvalue weighted by Crippen LogP contribution is 2.25. The molecule has 174 valence electrons. The highest BCUT2D eigenvalue weighted by molar-refractivity contribution is 6.32. The van der Waals surface area contributed by atoms with Gasteiger partial charge in [0.25, 0.3) is 0 Å². The quantitative estimate of drug-likeness (QED) is 0.409. The first-order valence-corrected chi connectivity index (χ1v) is 10.1. The van der Waals surface area contributed by atoms with Crippen molar-refractivity contribution in [2.75, 3.05) is 14.2 Å². The van der Waals surface area contributed by atoms with Gasteiger partial charge in [-0.2, -0.15) is 10.5 Å². The Hall–Kier alpha value is -3.00. The van der Waals surface area contributed by atoms with Gasteiger partial charge in [-0.15, -0.1) is 0 Å². The zero-order valence-corrected chi connectivity index (χ0v) is 19.5. The lowest BCUT2D eigenvalue weighted by Crippen LogP contribution is -2.00. The fourth-order valence-corrected chi connectivity index (χ4v) is 2.97. The minimum Gasteiger partial charge on any atom is -0.496 e. The van der Waals surface area contributed by atoms with Crippen LogP contribution in [0.3, 0.4) is 0 Å². The normalized spacial score (nSPS) is 8.88. The Labute approximate surface area is 208 Å². The molecule has 9 heteroatoms. The molecule has 5 nitrogen and oxygen atoms in total. The molecular weight excluding hydrogens is 488 g/mol. The zero-order chi connectivity index (χ0) is 24.1. The van der Waals surface area contributed by atoms with Gasteiger partial charge in [-0.05, 0) is 36.4 Å². The molecule has 0 bridgehead atoms. The number of nitriles is 2. The average molecular weight is 511 g/mol. The van der Waals surface area contributed by atoms with Gasteiger partial charge >= 0.3 is 0 Å². The second-order valence-corrected chi connectivity index (χ2v) is 6.98. The van der Waals surface area contributed by atoms with E-state index in [1.807, 2.05) is 18.2 Å². The van der Waals surface area contributed by atoms with Crippen LogP contribution in [0.4, 0.5) is 4.39 Å². The van der Waals surface area contributed by atoms with E-state index in [0.717, 1.165) is 11.3 Å². The average Bonchev–Trinajstić information content (AvgIpc) is 2.79. The molecule has 0 spiro atoms. The number of methoxy groups -OCH3 is 2. The van der Waals surface area contributed by atoms with Crippen molar-refractivity contribution >= 4 is 34.8 Å². The lowest BCUT2D eigenvalue weighted by atomic mass is 10.2. The first-order chi connectivity index (χ1) is 15.3. The van der Waals surface area contributed by atoms with Crippen molar-refractivity contribution in [1.29, 1.82) is 10.5 Å². The third-order valence-corrected chi connectivity index (χ3v) is 4.87. The van der Waals surface area contributed by atoms with Crippen molar-refractivity contribution in [3.63, 3.8) is 0 Å². The monoisotopic (exact) mass is 509 g/mol. The summed E-state index contributed by atoms with van der Waals surface area (Å²) in [4.78, 5) is 0. The summed E-state index contributed by atoms with van der Waals surface area (Å²) >= 11 is 17.0. The molecule has 0 aliphatic heterocycles. The van der Waals surface area contributed by atoms with Gasteiger partial charge in [-0.3, -0.25) is 0 Å². The SMILES string of the molecule is C.COc1cccc(Cl)c1C#N.COc1cccc(Cl)c1CN.N#Cc1c(F)cccc1Cl. The molecule has 0 unspecified atom stereocenters. The maximum Gasteiger partial charge on any atom is 0.142 e. The second-order valence-electron chi connectivity index (χ2n) is 5.76. The Morgan fingerprint density at radius 3 is 1.61 bits per heavy atom. The molecule has 0 aliphatic carbocycles. The largest absolute Gasteiger partial charge is 0.496 e. The Kier molecular flexibility index (Phi) is 14.3. The Bertz CT molecular complexity index is 1110. The Morgan fingerprint density at radius 2 is 1.24 bits per heavy atom. The number of ether oxygens (including phenoxy) is 2. The molecule has 3 rings (SSSR count). The number of benzene rings is 3. The summed E-state index contributed by atoms with van der Waals surface area (Å²) in [7, 11) is 3.11. The number of hydrogen-bond donors (Lipinski definition) is 1. The molecular formula is C24H23Cl3FN3O2. The number of nitrogens with two attached hydrogens (primary N) is 1. The molecule has 33 heavy (non-hydrogen) atoms. The van der Waals surface area contributed by atoms with Gasteiger partial charge in [-0.1, -0.05) is 60.4 Å². The summed E-state index contributed by atoms with van der Waals surface area (Å²) < 4.78 is 22.5. The maximum absolute atomic E-state index is 12.5. The molecule has 0 aromatic heterocycles. The standard InChI is InChI=1S/C8H10ClNO.C8H6ClNO.C7H3ClFN.CH4/c2*1-11-8-4-2-3-7(9)6(8)5-10;8-6-2-1-3-7(9)5(6)4-10;/h2-4H,5,10H2,1H3;2-4H,1H3;1-3H;1H4. The van der Waals surface area contributed by atoms with E-state index < -0.39 is 5.82 Å². The molecule has 0 atom stereocenters. The number of halogens is 4. The fourth-order valence-electron chi connectivity index (χ4n) is 2.32. The summed E-state index contributed by atoms with van der Waals surface area (Å²) in [5, 5.41) is 18.2. The first kappa shape index (κ1) is 30.0. The lowest BCUT2D eigenvalue weighted by Gasteiger charge is -2.06. The van der Waals surface area contributed by atoms with Crippen molar-refractivity contribution in [2.24, 2.45) is 5.73 Å². The van der Waals surface area contributed by atoms with Crippen LogP contribution >= 0.6 is 34.8 Å². The summed E-state index contributed by atoms with van der Waals surface area (Å²) in [6.45, 7) is 0.406. The second kappa shape index (κ2) is 15.7. The van der Waals surface area contributed by atoms with Crippen LogP contribution in [0.25, 0.3) is 0 Å². The molecule has 0 saturated carbocycles. The predicted molar refractivity (Wildman–Crippen MR) is 131 cm³/mol. The van der Waals surface area contributed by atoms with Crippen molar-refractivity contribution in [3.8, 4) is 23.6 Å². The molecule has 3 aromatic carbocycles. The molecule has 0 heterocycles. The number of rotatable bonds is 3. The summed E-state index contributed by atoms with van der Waals surface area (Å²) in [6, 6.07) is 18.3. The highest BCUT2D eigenvalue weighted by atomic mass is 35.5. The molecule has 2 N–H and O–H groups in total. The van der Waals surface area contributed by atoms with Crippen LogP contribution in [0, 0.1) is 28.5 Å². The summed E-state index contributed by atoms with van der Waals surface area (Å²) in [6.07, 6.45) is 0. The smallest absolute Gasteiger partial charge is 0.142 e. The topological polar surface area (TPSA) is 92.1 Å². The van der Waals surface area contributed by atoms with Crippen LogP contribution in [0.1, 0.15) is 24.1 Å². The van der Waals surface area contributed by atoms with Gasteiger partial charge in [0.15, 0.2) is 0 Å². The first-order valence-electron chi connectivity index (χ1n) is 8.92. The third kappa shape index (κ3) is 8.81. The predicted octanol–water partition coefficient (Wildman–Crippen LogP) is 7.01. The van der Waals surface area contributed by atoms with Crippen molar-refractivity contribution in [3.05, 3.63) is 92.2 Å². The minimum atomic E-state index is -0.574. The van der Waals surface area contributed by atoms with Gasteiger partial charge in [0, 0.05) is 17.1 Å². The van der Waals surface area contributed by atoms with Crippen molar-refractivity contribution < 1.29 is 13.9 Å². The van der Waals surface area contributed by atoms with Crippen LogP contribution in [0.2, 0.25) is 15.1 Å². The van der Waals surface area contributed by atoms with Crippen LogP contribution in [-0.4, -0.2) is 14.2 Å². The number of nitrogens with zero attached hydrogens (tertiary/aromatic N) is 2. The van der Waals surface area contributed by atoms with E-state index in [1.54, 1.807) is 37.4 Å². The Balaban J connectivity index is 0.000000459. The molecule has 0 fully saturated rings. The van der Waals surface area contributed by atoms with E-state index in [-0.39, 0.29) is 18.0 Å². The Morgan fingerprint density at radius 1 is 0.788 bits per heavy atom. The van der Waals surface area contributed by atoms with Gasteiger partial charge in [0.1, 0.15) is 40.6 Å². The van der Waals surface area contributed by atoms with Gasteiger partial charge in [0.05, 0.1) is 24.3 Å². The van der Waals surface area contributed by atoms with E-state index in [4.69, 9.17) is 60.5 Å². The van der Waals surface area contributed by atoms with E-state index in [0.29, 0.717) is 27.9 Å². The summed E-state index contributed by atoms with van der Waals surface area (Å²) in [5.41, 5.74) is 6.61. The van der Waals surface area contributed by atoms with Crippen LogP contribution < -0.4 is 15.2 Å². The van der Waals surface area contributed by atoms with Crippen LogP contribution in [0.5, 0.6) is 11.5 Å². The van der Waals surface area contributed by atoms with Crippen molar-refractivity contribution in [2.45, 2.75) is 14.0 Å². The molecule has 3 aromatic rings. The van der Waals surface area contributed by atoms with Crippen molar-refractivity contribution in [1.82, 2.24) is 0 Å². The third-order valence-electron chi connectivity index (χ3n) is 3.88. The van der Waals surface area contributed by atoms with E-state index >= 15 is 0 Å². The van der Waals surface area contributed by atoms with E-state index in [2.05, 4.69) is 0 Å². The zero-order valence-electron chi connectivity index (χ0n) is 17.2. The summed E-state index contributed by atoms with van der Waals surface area (Å²) in [5.74, 6) is 0.690. The lowest BCUT2D eigenvalue weighted by molar-refractivity contribution is 0.410. The fraction of sp³-hybridized carbons (Fsp3) is 0.167. The van der Waals surface area contributed by atoms with Gasteiger partial charge in [-0.25, -0.2) is 4.39 Å². The highest BCUT2D eigenvalue weighted by Gasteiger charge is 2.05.